The Balaban J connectivity index is 3.99. The fourth-order valence-electron chi connectivity index (χ4n) is 2.04. The molecule has 0 radical (unpaired) electrons. The van der Waals surface area contributed by atoms with Gasteiger partial charge < -0.3 is 19.5 Å². The van der Waals surface area contributed by atoms with Crippen LogP contribution in [0.25, 0.3) is 0 Å². The Morgan fingerprint density at radius 3 is 2.55 bits per heavy atom. The predicted octanol–water partition coefficient (Wildman–Crippen LogP) is 2.14. The van der Waals surface area contributed by atoms with Crippen LogP contribution in [0.4, 0.5) is 0 Å². The Hall–Kier alpha value is -0.650. The summed E-state index contributed by atoms with van der Waals surface area (Å²) in [5.74, 6) is -0.195. The summed E-state index contributed by atoms with van der Waals surface area (Å²) in [7, 11) is 3.10. The van der Waals surface area contributed by atoms with Crippen LogP contribution in [0.3, 0.4) is 0 Å². The average Bonchev–Trinajstić information content (AvgIpc) is 2.44. The molecule has 0 aromatic heterocycles. The van der Waals surface area contributed by atoms with E-state index in [4.69, 9.17) is 14.2 Å². The lowest BCUT2D eigenvalue weighted by atomic mass is 9.94. The van der Waals surface area contributed by atoms with E-state index in [1.165, 1.54) is 7.11 Å². The summed E-state index contributed by atoms with van der Waals surface area (Å²) in [6.07, 6.45) is 3.70. The van der Waals surface area contributed by atoms with Crippen molar-refractivity contribution in [2.24, 2.45) is 0 Å². The van der Waals surface area contributed by atoms with Crippen LogP contribution >= 0.6 is 0 Å². The van der Waals surface area contributed by atoms with Crippen molar-refractivity contribution in [3.63, 3.8) is 0 Å². The highest BCUT2D eigenvalue weighted by Gasteiger charge is 2.32. The molecule has 0 saturated heterocycles. The third-order valence-electron chi connectivity index (χ3n) is 3.28. The molecule has 0 aromatic rings. The second kappa shape index (κ2) is 11.1. The number of ether oxygens (including phenoxy) is 3. The molecule has 0 fully saturated rings. The summed E-state index contributed by atoms with van der Waals surface area (Å²) in [5.41, 5.74) is -0.594. The Labute approximate surface area is 123 Å². The van der Waals surface area contributed by atoms with Crippen LogP contribution in [0.5, 0.6) is 0 Å². The van der Waals surface area contributed by atoms with Gasteiger partial charge in [0.1, 0.15) is 5.54 Å². The number of carbonyl (C=O) groups excluding carboxylic acids is 1. The summed E-state index contributed by atoms with van der Waals surface area (Å²) >= 11 is 0. The quantitative estimate of drug-likeness (QED) is 0.440. The average molecular weight is 289 g/mol. The summed E-state index contributed by atoms with van der Waals surface area (Å²) in [6, 6.07) is 0. The number of carbonyl (C=O) groups is 1. The minimum absolute atomic E-state index is 0.116. The molecular formula is C15H31NO4. The van der Waals surface area contributed by atoms with Gasteiger partial charge in [0.15, 0.2) is 0 Å². The van der Waals surface area contributed by atoms with E-state index in [-0.39, 0.29) is 12.1 Å². The van der Waals surface area contributed by atoms with Gasteiger partial charge in [-0.3, -0.25) is 4.79 Å². The van der Waals surface area contributed by atoms with E-state index in [9.17, 15) is 4.79 Å². The molecule has 0 amide bonds. The van der Waals surface area contributed by atoms with E-state index in [2.05, 4.69) is 12.2 Å². The van der Waals surface area contributed by atoms with Crippen molar-refractivity contribution >= 4 is 5.97 Å². The molecule has 1 N–H and O–H groups in total. The van der Waals surface area contributed by atoms with Gasteiger partial charge in [-0.05, 0) is 46.1 Å². The van der Waals surface area contributed by atoms with Crippen molar-refractivity contribution in [1.29, 1.82) is 0 Å². The first-order chi connectivity index (χ1) is 9.50. The molecule has 0 aromatic carbocycles. The van der Waals surface area contributed by atoms with Gasteiger partial charge in [0.25, 0.3) is 0 Å². The van der Waals surface area contributed by atoms with E-state index in [0.717, 1.165) is 32.2 Å². The maximum Gasteiger partial charge on any atom is 0.325 e. The van der Waals surface area contributed by atoms with Crippen LogP contribution in [-0.2, 0) is 19.0 Å². The molecule has 0 bridgehead atoms. The van der Waals surface area contributed by atoms with Crippen molar-refractivity contribution in [2.45, 2.75) is 58.1 Å². The molecule has 0 saturated carbocycles. The normalized spacial score (nSPS) is 15.7. The second-order valence-corrected chi connectivity index (χ2v) is 5.34. The summed E-state index contributed by atoms with van der Waals surface area (Å²) in [6.45, 7) is 8.09. The number of methoxy groups -OCH3 is 2. The molecule has 0 aliphatic heterocycles. The maximum atomic E-state index is 11.9. The second-order valence-electron chi connectivity index (χ2n) is 5.34. The van der Waals surface area contributed by atoms with Gasteiger partial charge in [-0.1, -0.05) is 6.92 Å². The zero-order valence-corrected chi connectivity index (χ0v) is 13.7. The Morgan fingerprint density at radius 2 is 2.00 bits per heavy atom. The van der Waals surface area contributed by atoms with Gasteiger partial charge in [0, 0.05) is 13.7 Å². The molecule has 0 heterocycles. The number of hydrogen-bond acceptors (Lipinski definition) is 5. The topological polar surface area (TPSA) is 56.8 Å². The lowest BCUT2D eigenvalue weighted by Crippen LogP contribution is -2.50. The predicted molar refractivity (Wildman–Crippen MR) is 79.9 cm³/mol. The molecule has 2 unspecified atom stereocenters. The van der Waals surface area contributed by atoms with Crippen molar-refractivity contribution < 1.29 is 19.0 Å². The van der Waals surface area contributed by atoms with Crippen LogP contribution < -0.4 is 5.32 Å². The SMILES string of the molecule is CCCNC(C)(CCCCOC(C)COC)C(=O)OC. The monoisotopic (exact) mass is 289 g/mol. The molecule has 0 aliphatic carbocycles. The molecule has 0 aliphatic rings. The summed E-state index contributed by atoms with van der Waals surface area (Å²) in [4.78, 5) is 11.9. The van der Waals surface area contributed by atoms with Crippen LogP contribution in [-0.4, -0.2) is 51.6 Å². The number of nitrogens with one attached hydrogen (secondary N) is 1. The van der Waals surface area contributed by atoms with E-state index >= 15 is 0 Å². The van der Waals surface area contributed by atoms with Gasteiger partial charge in [-0.15, -0.1) is 0 Å². The Morgan fingerprint density at radius 1 is 1.30 bits per heavy atom. The standard InChI is InChI=1S/C15H31NO4/c1-6-10-16-15(3,14(17)19-5)9-7-8-11-20-13(2)12-18-4/h13,16H,6-12H2,1-5H3. The fraction of sp³-hybridized carbons (Fsp3) is 0.933. The molecule has 0 spiro atoms. The third kappa shape index (κ3) is 7.82. The maximum absolute atomic E-state index is 11.9. The van der Waals surface area contributed by atoms with Gasteiger partial charge in [-0.25, -0.2) is 0 Å². The summed E-state index contributed by atoms with van der Waals surface area (Å²) in [5, 5.41) is 3.28. The zero-order chi connectivity index (χ0) is 15.4. The number of hydrogen-bond donors (Lipinski definition) is 1. The molecule has 120 valence electrons. The van der Waals surface area contributed by atoms with Crippen LogP contribution in [0.2, 0.25) is 0 Å². The van der Waals surface area contributed by atoms with E-state index < -0.39 is 5.54 Å². The minimum atomic E-state index is -0.594. The lowest BCUT2D eigenvalue weighted by Gasteiger charge is -2.28. The highest BCUT2D eigenvalue weighted by molar-refractivity contribution is 5.80. The fourth-order valence-corrected chi connectivity index (χ4v) is 2.04. The van der Waals surface area contributed by atoms with Crippen molar-refractivity contribution in [2.75, 3.05) is 34.0 Å². The van der Waals surface area contributed by atoms with Gasteiger partial charge in [0.2, 0.25) is 0 Å². The molecule has 20 heavy (non-hydrogen) atoms. The Kier molecular flexibility index (Phi) is 10.7. The highest BCUT2D eigenvalue weighted by Crippen LogP contribution is 2.16. The number of unbranched alkanes of at least 4 members (excludes halogenated alkanes) is 1. The Bertz CT molecular complexity index is 260. The van der Waals surface area contributed by atoms with Gasteiger partial charge in [0.05, 0.1) is 19.8 Å². The van der Waals surface area contributed by atoms with Gasteiger partial charge in [-0.2, -0.15) is 0 Å². The van der Waals surface area contributed by atoms with Crippen molar-refractivity contribution in [3.8, 4) is 0 Å². The molecule has 5 heteroatoms. The third-order valence-corrected chi connectivity index (χ3v) is 3.28. The first-order valence-corrected chi connectivity index (χ1v) is 7.44. The first kappa shape index (κ1) is 19.4. The minimum Gasteiger partial charge on any atom is -0.468 e. The van der Waals surface area contributed by atoms with Gasteiger partial charge >= 0.3 is 5.97 Å². The lowest BCUT2D eigenvalue weighted by molar-refractivity contribution is -0.148. The molecular weight excluding hydrogens is 258 g/mol. The molecule has 5 nitrogen and oxygen atoms in total. The molecule has 2 atom stereocenters. The number of esters is 1. The van der Waals surface area contributed by atoms with Crippen LogP contribution in [0, 0.1) is 0 Å². The largest absolute Gasteiger partial charge is 0.468 e. The molecule has 0 rings (SSSR count). The smallest absolute Gasteiger partial charge is 0.325 e. The van der Waals surface area contributed by atoms with E-state index in [1.807, 2.05) is 13.8 Å². The van der Waals surface area contributed by atoms with Crippen LogP contribution in [0.1, 0.15) is 46.5 Å². The van der Waals surface area contributed by atoms with Crippen molar-refractivity contribution in [3.05, 3.63) is 0 Å². The van der Waals surface area contributed by atoms with E-state index in [1.54, 1.807) is 7.11 Å². The summed E-state index contributed by atoms with van der Waals surface area (Å²) < 4.78 is 15.5. The van der Waals surface area contributed by atoms with Crippen LogP contribution in [0.15, 0.2) is 0 Å². The zero-order valence-electron chi connectivity index (χ0n) is 13.7. The van der Waals surface area contributed by atoms with E-state index in [0.29, 0.717) is 13.2 Å². The number of rotatable bonds is 12. The first-order valence-electron chi connectivity index (χ1n) is 7.44. The highest BCUT2D eigenvalue weighted by atomic mass is 16.5. The van der Waals surface area contributed by atoms with Crippen molar-refractivity contribution in [1.82, 2.24) is 5.32 Å².